The second kappa shape index (κ2) is 21.8. The summed E-state index contributed by atoms with van der Waals surface area (Å²) in [6, 6.07) is 38.0. The standard InChI is InChI=1S/2C32H31N3O3/c2*1-20-19-38-21(2)30(20)25-16-28-31(34-17-25)26-10-9-24(29(36)18-33-3)15-27(26)35(28)32(22-7-5-4-6-8-22)23-11-13-37-14-12-23/h2*4-10,15-17,19,23,29,32,36H,11-14,18H2,1-2H3/t2*29?,32-/m11/s1. The van der Waals surface area contributed by atoms with Crippen LogP contribution in [0.3, 0.4) is 0 Å². The number of rotatable bonds is 12. The molecule has 384 valence electrons. The summed E-state index contributed by atoms with van der Waals surface area (Å²) in [5, 5.41) is 23.5. The number of nitrogens with zero attached hydrogens (tertiary/aromatic N) is 6. The van der Waals surface area contributed by atoms with Gasteiger partial charge >= 0.3 is 0 Å². The third-order valence-corrected chi connectivity index (χ3v) is 15.8. The van der Waals surface area contributed by atoms with Crippen molar-refractivity contribution in [3.63, 3.8) is 0 Å². The molecule has 2 unspecified atom stereocenters. The summed E-state index contributed by atoms with van der Waals surface area (Å²) in [6.45, 7) is 25.7. The lowest BCUT2D eigenvalue weighted by Gasteiger charge is -2.33. The summed E-state index contributed by atoms with van der Waals surface area (Å²) >= 11 is 0. The minimum atomic E-state index is -0.832. The molecule has 0 radical (unpaired) electrons. The van der Waals surface area contributed by atoms with Crippen molar-refractivity contribution in [1.29, 1.82) is 0 Å². The minimum absolute atomic E-state index is 0.0370. The Hall–Kier alpha value is -7.84. The molecule has 10 aromatic rings. The molecule has 0 aliphatic carbocycles. The molecule has 12 rings (SSSR count). The number of fused-ring (bicyclic) bond motifs is 6. The molecule has 2 saturated heterocycles. The molecule has 12 heteroatoms. The maximum Gasteiger partial charge on any atom is 0.244 e. The number of aliphatic hydroxyl groups excluding tert-OH is 2. The maximum absolute atomic E-state index is 10.7. The quantitative estimate of drug-likeness (QED) is 0.116. The van der Waals surface area contributed by atoms with Crippen molar-refractivity contribution in [1.82, 2.24) is 19.1 Å². The Morgan fingerprint density at radius 2 is 0.921 bits per heavy atom. The van der Waals surface area contributed by atoms with Gasteiger partial charge < -0.3 is 47.3 Å². The van der Waals surface area contributed by atoms with Crippen molar-refractivity contribution >= 4 is 43.9 Å². The summed E-state index contributed by atoms with van der Waals surface area (Å²) in [5.74, 6) is 2.51. The SMILES string of the molecule is [C-]#[N+]CC(O)c1ccc2c3ncc(-c4c(C)coc4C)cc3n([C@H](c3ccccc3)C3CCOCC3)c2c1.[C-]#[N+]CC(O)c1ccc2c3ncc(-c4c(C)coc4C)cc3n([C@H](c3ccccc3)C3CCOCC3)c2c1. The fourth-order valence-corrected chi connectivity index (χ4v) is 12.1. The summed E-state index contributed by atoms with van der Waals surface area (Å²) < 4.78 is 27.8. The Balaban J connectivity index is 0.000000162. The van der Waals surface area contributed by atoms with Crippen LogP contribution in [0.5, 0.6) is 0 Å². The third-order valence-electron chi connectivity index (χ3n) is 15.8. The number of pyridine rings is 2. The van der Waals surface area contributed by atoms with Gasteiger partial charge in [-0.05, 0) is 123 Å². The van der Waals surface area contributed by atoms with Crippen molar-refractivity contribution in [2.24, 2.45) is 11.8 Å². The van der Waals surface area contributed by atoms with E-state index in [9.17, 15) is 10.2 Å². The molecule has 0 spiro atoms. The van der Waals surface area contributed by atoms with Crippen LogP contribution in [0.4, 0.5) is 0 Å². The van der Waals surface area contributed by atoms with Crippen LogP contribution in [0, 0.1) is 52.7 Å². The summed E-state index contributed by atoms with van der Waals surface area (Å²) in [4.78, 5) is 16.9. The Morgan fingerprint density at radius 3 is 1.28 bits per heavy atom. The van der Waals surface area contributed by atoms with Crippen molar-refractivity contribution < 1.29 is 28.5 Å². The van der Waals surface area contributed by atoms with Gasteiger partial charge in [0, 0.05) is 71.8 Å². The molecule has 2 aliphatic heterocycles. The van der Waals surface area contributed by atoms with Crippen molar-refractivity contribution in [3.8, 4) is 22.3 Å². The van der Waals surface area contributed by atoms with Crippen molar-refractivity contribution in [3.05, 3.63) is 202 Å². The molecular weight excluding hydrogens is 949 g/mol. The number of aryl methyl sites for hydroxylation is 4. The van der Waals surface area contributed by atoms with E-state index >= 15 is 0 Å². The molecule has 2 fully saturated rings. The highest BCUT2D eigenvalue weighted by atomic mass is 16.5. The van der Waals surface area contributed by atoms with Crippen LogP contribution in [0.25, 0.3) is 75.8 Å². The van der Waals surface area contributed by atoms with Gasteiger partial charge in [0.2, 0.25) is 13.1 Å². The largest absolute Gasteiger partial charge is 0.469 e. The van der Waals surface area contributed by atoms with Gasteiger partial charge in [-0.3, -0.25) is 9.97 Å². The summed E-state index contributed by atoms with van der Waals surface area (Å²) in [6.07, 6.45) is 9.66. The second-order valence-corrected chi connectivity index (χ2v) is 20.5. The van der Waals surface area contributed by atoms with E-state index in [-0.39, 0.29) is 25.2 Å². The average Bonchev–Trinajstić information content (AvgIpc) is 4.21. The number of benzene rings is 4. The number of furan rings is 2. The first kappa shape index (κ1) is 50.3. The van der Waals surface area contributed by atoms with Crippen LogP contribution >= 0.6 is 0 Å². The zero-order valence-electron chi connectivity index (χ0n) is 43.4. The predicted octanol–water partition coefficient (Wildman–Crippen LogP) is 14.1. The molecule has 76 heavy (non-hydrogen) atoms. The molecule has 4 atom stereocenters. The first-order valence-electron chi connectivity index (χ1n) is 26.4. The van der Waals surface area contributed by atoms with Crippen LogP contribution in [-0.2, 0) is 9.47 Å². The molecule has 8 heterocycles. The zero-order chi connectivity index (χ0) is 52.5. The van der Waals surface area contributed by atoms with Crippen LogP contribution in [0.2, 0.25) is 0 Å². The average molecular weight is 1010 g/mol. The Labute approximate surface area is 442 Å². The van der Waals surface area contributed by atoms with Crippen LogP contribution < -0.4 is 0 Å². The van der Waals surface area contributed by atoms with E-state index in [0.717, 1.165) is 152 Å². The fraction of sp³-hybridized carbons (Fsp3) is 0.312. The second-order valence-electron chi connectivity index (χ2n) is 20.5. The monoisotopic (exact) mass is 1010 g/mol. The first-order chi connectivity index (χ1) is 37.1. The molecule has 6 aromatic heterocycles. The first-order valence-corrected chi connectivity index (χ1v) is 26.4. The van der Waals surface area contributed by atoms with Crippen LogP contribution in [0.15, 0.2) is 143 Å². The number of hydrogen-bond donors (Lipinski definition) is 2. The van der Waals surface area contributed by atoms with Gasteiger partial charge in [-0.25, -0.2) is 13.1 Å². The van der Waals surface area contributed by atoms with Gasteiger partial charge in [0.05, 0.1) is 57.7 Å². The number of aromatic nitrogens is 4. The zero-order valence-corrected chi connectivity index (χ0v) is 43.4. The van der Waals surface area contributed by atoms with Gasteiger partial charge in [0.25, 0.3) is 0 Å². The highest BCUT2D eigenvalue weighted by Gasteiger charge is 2.33. The van der Waals surface area contributed by atoms with Crippen molar-refractivity contribution in [2.45, 2.75) is 77.7 Å². The van der Waals surface area contributed by atoms with E-state index < -0.39 is 12.2 Å². The molecule has 0 amide bonds. The molecule has 4 aromatic carbocycles. The summed E-state index contributed by atoms with van der Waals surface area (Å²) in [5.41, 5.74) is 16.4. The molecule has 2 N–H and O–H groups in total. The number of aliphatic hydroxyl groups is 2. The van der Waals surface area contributed by atoms with Gasteiger partial charge in [-0.15, -0.1) is 0 Å². The lowest BCUT2D eigenvalue weighted by Crippen LogP contribution is -2.27. The normalized spacial score (nSPS) is 16.1. The number of ether oxygens (including phenoxy) is 2. The predicted molar refractivity (Wildman–Crippen MR) is 298 cm³/mol. The Morgan fingerprint density at radius 1 is 0.526 bits per heavy atom. The molecule has 2 aliphatic rings. The van der Waals surface area contributed by atoms with Gasteiger partial charge in [0.15, 0.2) is 12.2 Å². The maximum atomic E-state index is 10.7. The van der Waals surface area contributed by atoms with E-state index in [1.54, 1.807) is 12.5 Å². The fourth-order valence-electron chi connectivity index (χ4n) is 12.1. The van der Waals surface area contributed by atoms with Crippen LogP contribution in [-0.4, -0.2) is 68.8 Å². The van der Waals surface area contributed by atoms with Crippen molar-refractivity contribution in [2.75, 3.05) is 39.5 Å². The van der Waals surface area contributed by atoms with E-state index in [0.29, 0.717) is 11.8 Å². The van der Waals surface area contributed by atoms with Crippen LogP contribution in [0.1, 0.15) is 94.9 Å². The summed E-state index contributed by atoms with van der Waals surface area (Å²) in [7, 11) is 0. The van der Waals surface area contributed by atoms with E-state index in [2.05, 4.69) is 118 Å². The van der Waals surface area contributed by atoms with Gasteiger partial charge in [-0.1, -0.05) is 84.9 Å². The van der Waals surface area contributed by atoms with Gasteiger partial charge in [-0.2, -0.15) is 0 Å². The molecule has 0 bridgehead atoms. The van der Waals surface area contributed by atoms with Gasteiger partial charge in [0.1, 0.15) is 11.5 Å². The molecule has 0 saturated carbocycles. The molecular formula is C64H62N6O6. The lowest BCUT2D eigenvalue weighted by atomic mass is 9.86. The van der Waals surface area contributed by atoms with E-state index in [1.807, 2.05) is 50.5 Å². The van der Waals surface area contributed by atoms with E-state index in [1.165, 1.54) is 11.1 Å². The highest BCUT2D eigenvalue weighted by molar-refractivity contribution is 6.08. The van der Waals surface area contributed by atoms with E-state index in [4.69, 9.17) is 41.4 Å². The topological polar surface area (TPSA) is 130 Å². The number of hydrogen-bond acceptors (Lipinski definition) is 8. The Kier molecular flexibility index (Phi) is 14.4. The molecule has 12 nitrogen and oxygen atoms in total. The lowest BCUT2D eigenvalue weighted by molar-refractivity contribution is 0.0552. The Bertz CT molecular complexity index is 3480. The smallest absolute Gasteiger partial charge is 0.244 e. The highest BCUT2D eigenvalue weighted by Crippen LogP contribution is 2.45. The minimum Gasteiger partial charge on any atom is -0.469 e. The third kappa shape index (κ3) is 9.48.